The van der Waals surface area contributed by atoms with E-state index >= 15 is 0 Å². The second kappa shape index (κ2) is 14.6. The van der Waals surface area contributed by atoms with E-state index in [4.69, 9.17) is 10.5 Å². The van der Waals surface area contributed by atoms with Crippen LogP contribution < -0.4 is 21.7 Å². The molecule has 0 saturated heterocycles. The predicted molar refractivity (Wildman–Crippen MR) is 130 cm³/mol. The number of alkyl halides is 6. The molecule has 2 aromatic rings. The molecule has 0 atom stereocenters. The van der Waals surface area contributed by atoms with E-state index in [0.717, 1.165) is 24.3 Å². The van der Waals surface area contributed by atoms with Gasteiger partial charge in [0, 0.05) is 13.1 Å². The molecule has 0 aliphatic carbocycles. The lowest BCUT2D eigenvalue weighted by atomic mass is 10.1. The van der Waals surface area contributed by atoms with Crippen LogP contribution in [-0.4, -0.2) is 36.6 Å². The van der Waals surface area contributed by atoms with E-state index in [1.807, 2.05) is 0 Å². The van der Waals surface area contributed by atoms with Gasteiger partial charge in [-0.05, 0) is 68.3 Å². The van der Waals surface area contributed by atoms with Gasteiger partial charge in [0.2, 0.25) is 11.8 Å². The molecule has 2 aromatic carbocycles. The zero-order valence-corrected chi connectivity index (χ0v) is 22.0. The van der Waals surface area contributed by atoms with Gasteiger partial charge in [0.25, 0.3) is 0 Å². The van der Waals surface area contributed by atoms with Crippen molar-refractivity contribution in [1.29, 1.82) is 0 Å². The van der Waals surface area contributed by atoms with Crippen LogP contribution in [0.15, 0.2) is 36.4 Å². The number of nitrogens with two attached hydrogens (primary N) is 1. The summed E-state index contributed by atoms with van der Waals surface area (Å²) in [6, 6.07) is 4.09. The number of rotatable bonds is 7. The SMILES string of the molecule is CC(C)(C)OC(=O)NCC(=O)NCc1cc(F)cc(C(F)(F)F)c1.NCC(=O)NCc1cc(F)cc(C(F)(F)F)c1. The average molecular weight is 601 g/mol. The number of ether oxygens (including phenoxy) is 1. The Morgan fingerprint density at radius 1 is 0.707 bits per heavy atom. The molecule has 5 N–H and O–H groups in total. The van der Waals surface area contributed by atoms with E-state index in [2.05, 4.69) is 16.0 Å². The zero-order chi connectivity index (χ0) is 31.6. The Morgan fingerprint density at radius 3 is 1.49 bits per heavy atom. The molecule has 0 aromatic heterocycles. The Balaban J connectivity index is 0.000000435. The van der Waals surface area contributed by atoms with Gasteiger partial charge >= 0.3 is 18.4 Å². The van der Waals surface area contributed by atoms with Gasteiger partial charge in [0.15, 0.2) is 0 Å². The molecule has 16 heteroatoms. The summed E-state index contributed by atoms with van der Waals surface area (Å²) in [4.78, 5) is 33.7. The van der Waals surface area contributed by atoms with E-state index in [0.29, 0.717) is 12.1 Å². The Bertz CT molecular complexity index is 1210. The lowest BCUT2D eigenvalue weighted by Gasteiger charge is -2.19. The fourth-order valence-electron chi connectivity index (χ4n) is 2.83. The average Bonchev–Trinajstić information content (AvgIpc) is 2.82. The van der Waals surface area contributed by atoms with Crippen molar-refractivity contribution in [3.05, 3.63) is 70.3 Å². The molecule has 228 valence electrons. The Morgan fingerprint density at radius 2 is 1.12 bits per heavy atom. The molecule has 0 heterocycles. The highest BCUT2D eigenvalue weighted by molar-refractivity contribution is 5.82. The summed E-state index contributed by atoms with van der Waals surface area (Å²) in [7, 11) is 0. The van der Waals surface area contributed by atoms with Crippen LogP contribution >= 0.6 is 0 Å². The van der Waals surface area contributed by atoms with Crippen molar-refractivity contribution >= 4 is 17.9 Å². The molecule has 0 saturated carbocycles. The Hall–Kier alpha value is -3.95. The quantitative estimate of drug-likeness (QED) is 0.351. The van der Waals surface area contributed by atoms with Crippen molar-refractivity contribution in [2.24, 2.45) is 5.73 Å². The highest BCUT2D eigenvalue weighted by atomic mass is 19.4. The number of halogens is 8. The molecule has 0 fully saturated rings. The molecule has 0 aliphatic heterocycles. The molecule has 8 nitrogen and oxygen atoms in total. The van der Waals surface area contributed by atoms with Crippen molar-refractivity contribution in [3.63, 3.8) is 0 Å². The topological polar surface area (TPSA) is 123 Å². The van der Waals surface area contributed by atoms with Gasteiger partial charge < -0.3 is 26.4 Å². The van der Waals surface area contributed by atoms with Gasteiger partial charge in [-0.15, -0.1) is 0 Å². The van der Waals surface area contributed by atoms with Crippen molar-refractivity contribution in [2.45, 2.75) is 51.8 Å². The molecule has 3 amide bonds. The highest BCUT2D eigenvalue weighted by Crippen LogP contribution is 2.31. The molecule has 0 aliphatic rings. The molecule has 0 spiro atoms. The van der Waals surface area contributed by atoms with Crippen LogP contribution in [0.4, 0.5) is 39.9 Å². The number of benzene rings is 2. The summed E-state index contributed by atoms with van der Waals surface area (Å²) in [6.07, 6.45) is -10.1. The van der Waals surface area contributed by atoms with Gasteiger partial charge in [-0.1, -0.05) is 0 Å². The first-order chi connectivity index (χ1) is 18.7. The number of hydrogen-bond acceptors (Lipinski definition) is 5. The molecule has 0 unspecified atom stereocenters. The minimum atomic E-state index is -4.68. The number of hydrogen-bond donors (Lipinski definition) is 4. The third kappa shape index (κ3) is 14.3. The lowest BCUT2D eigenvalue weighted by Crippen LogP contribution is -2.39. The fourth-order valence-corrected chi connectivity index (χ4v) is 2.83. The third-order valence-corrected chi connectivity index (χ3v) is 4.53. The lowest BCUT2D eigenvalue weighted by molar-refractivity contribution is -0.138. The van der Waals surface area contributed by atoms with E-state index in [1.165, 1.54) is 0 Å². The van der Waals surface area contributed by atoms with Crippen LogP contribution in [0.25, 0.3) is 0 Å². The minimum absolute atomic E-state index is 0.0270. The summed E-state index contributed by atoms with van der Waals surface area (Å²) in [5.74, 6) is -3.24. The smallest absolute Gasteiger partial charge is 0.416 e. The Kier molecular flexibility index (Phi) is 12.5. The van der Waals surface area contributed by atoms with Crippen LogP contribution in [0.5, 0.6) is 0 Å². The molecular formula is C25H28F8N4O4. The molecule has 0 bridgehead atoms. The van der Waals surface area contributed by atoms with E-state index in [-0.39, 0.29) is 30.8 Å². The van der Waals surface area contributed by atoms with Gasteiger partial charge in [-0.25, -0.2) is 13.6 Å². The Labute approximate surface area is 229 Å². The molecule has 41 heavy (non-hydrogen) atoms. The maximum atomic E-state index is 13.2. The summed E-state index contributed by atoms with van der Waals surface area (Å²) >= 11 is 0. The summed E-state index contributed by atoms with van der Waals surface area (Å²) < 4.78 is 106. The first-order valence-corrected chi connectivity index (χ1v) is 11.6. The van der Waals surface area contributed by atoms with Crippen LogP contribution in [-0.2, 0) is 39.8 Å². The van der Waals surface area contributed by atoms with Crippen LogP contribution in [0.2, 0.25) is 0 Å². The van der Waals surface area contributed by atoms with Gasteiger partial charge in [0.05, 0.1) is 17.7 Å². The standard InChI is InChI=1S/C15H18F4N2O3.C10H10F4N2O/c1-14(2,3)24-13(23)21-8-12(22)20-7-9-4-10(15(17,18)19)6-11(16)5-9;11-8-2-6(5-16-9(17)4-15)1-7(3-8)10(12,13)14/h4-6H,7-8H2,1-3H3,(H,20,22)(H,21,23);1-3H,4-5,15H2,(H,16,17). The summed E-state index contributed by atoms with van der Waals surface area (Å²) in [5.41, 5.74) is 2.02. The first kappa shape index (κ1) is 35.1. The number of amides is 3. The number of carbonyl (C=O) groups excluding carboxylic acids is 3. The van der Waals surface area contributed by atoms with E-state index in [1.54, 1.807) is 20.8 Å². The molecular weight excluding hydrogens is 572 g/mol. The van der Waals surface area contributed by atoms with Crippen molar-refractivity contribution in [2.75, 3.05) is 13.1 Å². The largest absolute Gasteiger partial charge is 0.444 e. The zero-order valence-electron chi connectivity index (χ0n) is 22.0. The summed E-state index contributed by atoms with van der Waals surface area (Å²) in [5, 5.41) is 6.73. The van der Waals surface area contributed by atoms with Crippen LogP contribution in [0.1, 0.15) is 43.0 Å². The van der Waals surface area contributed by atoms with Crippen molar-refractivity contribution in [1.82, 2.24) is 16.0 Å². The minimum Gasteiger partial charge on any atom is -0.444 e. The summed E-state index contributed by atoms with van der Waals surface area (Å²) in [6.45, 7) is 3.74. The maximum absolute atomic E-state index is 13.2. The molecule has 2 rings (SSSR count). The molecule has 0 radical (unpaired) electrons. The maximum Gasteiger partial charge on any atom is 0.416 e. The van der Waals surface area contributed by atoms with E-state index in [9.17, 15) is 49.5 Å². The normalized spacial score (nSPS) is 11.6. The highest BCUT2D eigenvalue weighted by Gasteiger charge is 2.32. The van der Waals surface area contributed by atoms with Crippen LogP contribution in [0, 0.1) is 11.6 Å². The first-order valence-electron chi connectivity index (χ1n) is 11.6. The van der Waals surface area contributed by atoms with E-state index < -0.39 is 65.2 Å². The second-order valence-corrected chi connectivity index (χ2v) is 9.30. The van der Waals surface area contributed by atoms with Crippen LogP contribution in [0.3, 0.4) is 0 Å². The third-order valence-electron chi connectivity index (χ3n) is 4.53. The van der Waals surface area contributed by atoms with Gasteiger partial charge in [-0.2, -0.15) is 26.3 Å². The fraction of sp³-hybridized carbons (Fsp3) is 0.400. The van der Waals surface area contributed by atoms with Gasteiger partial charge in [-0.3, -0.25) is 9.59 Å². The second-order valence-electron chi connectivity index (χ2n) is 9.30. The number of nitrogens with one attached hydrogen (secondary N) is 3. The van der Waals surface area contributed by atoms with Gasteiger partial charge in [0.1, 0.15) is 23.8 Å². The van der Waals surface area contributed by atoms with Crippen molar-refractivity contribution in [3.8, 4) is 0 Å². The number of alkyl carbamates (subject to hydrolysis) is 1. The predicted octanol–water partition coefficient (Wildman–Crippen LogP) is 4.40. The van der Waals surface area contributed by atoms with Crippen molar-refractivity contribution < 1.29 is 54.2 Å². The monoisotopic (exact) mass is 600 g/mol. The number of carbonyl (C=O) groups is 3.